The predicted molar refractivity (Wildman–Crippen MR) is 95.0 cm³/mol. The van der Waals surface area contributed by atoms with Gasteiger partial charge in [-0.05, 0) is 23.3 Å². The molecule has 2 atom stereocenters. The van der Waals surface area contributed by atoms with Crippen molar-refractivity contribution in [2.24, 2.45) is 11.5 Å². The Morgan fingerprint density at radius 2 is 1.07 bits per heavy atom. The maximum absolute atomic E-state index is 13.0. The molecule has 0 spiro atoms. The number of carboxylic acids is 2. The summed E-state index contributed by atoms with van der Waals surface area (Å²) in [7, 11) is 0. The molecular weight excluding hydrogens is 362 g/mol. The molecule has 8 N–H and O–H groups in total. The Labute approximate surface area is 154 Å². The lowest BCUT2D eigenvalue weighted by atomic mass is 10.1. The number of carbonyl (C=O) groups is 2. The van der Waals surface area contributed by atoms with Gasteiger partial charge in [-0.15, -0.1) is 0 Å². The zero-order valence-electron chi connectivity index (χ0n) is 14.3. The maximum Gasteiger partial charge on any atom is 0.320 e. The molecule has 0 aliphatic heterocycles. The highest BCUT2D eigenvalue weighted by Gasteiger charge is 2.14. The Hall–Kier alpha value is -2.88. The van der Waals surface area contributed by atoms with Crippen molar-refractivity contribution in [3.05, 3.63) is 71.3 Å². The summed E-state index contributed by atoms with van der Waals surface area (Å²) in [5.74, 6) is -3.08. The predicted octanol–water partition coefficient (Wildman–Crippen LogP) is 0.736. The minimum absolute atomic E-state index is 0. The van der Waals surface area contributed by atoms with Crippen LogP contribution in [0.3, 0.4) is 0 Å². The quantitative estimate of drug-likeness (QED) is 0.575. The van der Waals surface area contributed by atoms with Gasteiger partial charge in [0.25, 0.3) is 0 Å². The van der Waals surface area contributed by atoms with Crippen molar-refractivity contribution in [1.29, 1.82) is 0 Å². The number of hydrogen-bond donors (Lipinski definition) is 4. The van der Waals surface area contributed by atoms with E-state index >= 15 is 0 Å². The smallest absolute Gasteiger partial charge is 0.320 e. The van der Waals surface area contributed by atoms with Gasteiger partial charge >= 0.3 is 11.9 Å². The van der Waals surface area contributed by atoms with Crippen molar-refractivity contribution >= 4 is 11.9 Å². The molecule has 2 rings (SSSR count). The molecule has 0 heterocycles. The highest BCUT2D eigenvalue weighted by atomic mass is 19.1. The second kappa shape index (κ2) is 11.7. The van der Waals surface area contributed by atoms with Crippen LogP contribution >= 0.6 is 0 Å². The molecule has 2 aromatic carbocycles. The molecule has 9 heteroatoms. The summed E-state index contributed by atoms with van der Waals surface area (Å²) in [6.07, 6.45) is 0.0318. The SMILES string of the molecule is N[C@@H](Cc1ccccc1F)C(=O)O.N[C@@H](Cc1ccccc1F)C(=O)O.O. The van der Waals surface area contributed by atoms with Crippen molar-refractivity contribution in [2.75, 3.05) is 0 Å². The molecule has 0 fully saturated rings. The molecule has 0 aliphatic rings. The number of aliphatic carboxylic acids is 2. The minimum Gasteiger partial charge on any atom is -0.480 e. The highest BCUT2D eigenvalue weighted by molar-refractivity contribution is 5.73. The molecule has 0 unspecified atom stereocenters. The largest absolute Gasteiger partial charge is 0.480 e. The topological polar surface area (TPSA) is 158 Å². The van der Waals surface area contributed by atoms with Gasteiger partial charge in [-0.1, -0.05) is 36.4 Å². The van der Waals surface area contributed by atoms with Crippen LogP contribution in [-0.4, -0.2) is 39.7 Å². The monoisotopic (exact) mass is 384 g/mol. The van der Waals surface area contributed by atoms with E-state index in [1.165, 1.54) is 24.3 Å². The third kappa shape index (κ3) is 8.36. The van der Waals surface area contributed by atoms with Crippen LogP contribution in [0.5, 0.6) is 0 Å². The van der Waals surface area contributed by atoms with Crippen LogP contribution in [0.25, 0.3) is 0 Å². The first-order valence-electron chi connectivity index (χ1n) is 7.66. The number of halogens is 2. The van der Waals surface area contributed by atoms with E-state index in [-0.39, 0.29) is 18.3 Å². The minimum atomic E-state index is -1.12. The highest BCUT2D eigenvalue weighted by Crippen LogP contribution is 2.09. The molecule has 7 nitrogen and oxygen atoms in total. The van der Waals surface area contributed by atoms with Gasteiger partial charge in [-0.2, -0.15) is 0 Å². The molecule has 0 aliphatic carbocycles. The Morgan fingerprint density at radius 3 is 1.33 bits per heavy atom. The molecular formula is C18H22F2N2O5. The van der Waals surface area contributed by atoms with Gasteiger partial charge in [0, 0.05) is 12.8 Å². The van der Waals surface area contributed by atoms with Crippen LogP contribution in [0, 0.1) is 11.6 Å². The van der Waals surface area contributed by atoms with Gasteiger partial charge in [0.05, 0.1) is 0 Å². The zero-order chi connectivity index (χ0) is 19.7. The normalized spacial score (nSPS) is 12.0. The molecule has 148 valence electrons. The summed E-state index contributed by atoms with van der Waals surface area (Å²) >= 11 is 0. The van der Waals surface area contributed by atoms with E-state index in [0.717, 1.165) is 0 Å². The zero-order valence-corrected chi connectivity index (χ0v) is 14.3. The Bertz CT molecular complexity index is 695. The van der Waals surface area contributed by atoms with Crippen molar-refractivity contribution in [1.82, 2.24) is 0 Å². The van der Waals surface area contributed by atoms with Crippen molar-refractivity contribution in [3.8, 4) is 0 Å². The van der Waals surface area contributed by atoms with Crippen LogP contribution in [0.1, 0.15) is 11.1 Å². The van der Waals surface area contributed by atoms with Crippen LogP contribution < -0.4 is 11.5 Å². The van der Waals surface area contributed by atoms with E-state index in [4.69, 9.17) is 21.7 Å². The lowest BCUT2D eigenvalue weighted by Crippen LogP contribution is -2.32. The van der Waals surface area contributed by atoms with Crippen molar-refractivity contribution in [2.45, 2.75) is 24.9 Å². The van der Waals surface area contributed by atoms with Crippen LogP contribution in [-0.2, 0) is 22.4 Å². The summed E-state index contributed by atoms with van der Waals surface area (Å²) in [6.45, 7) is 0. The summed E-state index contributed by atoms with van der Waals surface area (Å²) in [5, 5.41) is 17.0. The van der Waals surface area contributed by atoms with Gasteiger partial charge < -0.3 is 27.2 Å². The lowest BCUT2D eigenvalue weighted by Gasteiger charge is -2.06. The number of hydrogen-bond acceptors (Lipinski definition) is 4. The summed E-state index contributed by atoms with van der Waals surface area (Å²) in [5.41, 5.74) is 11.2. The first-order valence-corrected chi connectivity index (χ1v) is 7.66. The third-order valence-corrected chi connectivity index (χ3v) is 3.43. The first-order chi connectivity index (χ1) is 12.2. The first kappa shape index (κ1) is 24.1. The molecule has 0 amide bonds. The number of rotatable bonds is 6. The van der Waals surface area contributed by atoms with E-state index in [1.807, 2.05) is 0 Å². The third-order valence-electron chi connectivity index (χ3n) is 3.43. The summed E-state index contributed by atoms with van der Waals surface area (Å²) < 4.78 is 25.9. The molecule has 2 aromatic rings. The van der Waals surface area contributed by atoms with E-state index in [1.54, 1.807) is 24.3 Å². The van der Waals surface area contributed by atoms with E-state index in [9.17, 15) is 18.4 Å². The molecule has 0 saturated heterocycles. The van der Waals surface area contributed by atoms with Gasteiger partial charge in [-0.3, -0.25) is 9.59 Å². The van der Waals surface area contributed by atoms with Crippen molar-refractivity contribution in [3.63, 3.8) is 0 Å². The number of benzene rings is 2. The van der Waals surface area contributed by atoms with Gasteiger partial charge in [0.15, 0.2) is 0 Å². The van der Waals surface area contributed by atoms with E-state index in [2.05, 4.69) is 0 Å². The summed E-state index contributed by atoms with van der Waals surface area (Å²) in [6, 6.07) is 9.91. The Balaban J connectivity index is 0.000000483. The number of nitrogens with two attached hydrogens (primary N) is 2. The second-order valence-electron chi connectivity index (χ2n) is 5.48. The fourth-order valence-corrected chi connectivity index (χ4v) is 1.98. The molecule has 0 saturated carbocycles. The van der Waals surface area contributed by atoms with Gasteiger partial charge in [-0.25, -0.2) is 8.78 Å². The lowest BCUT2D eigenvalue weighted by molar-refractivity contribution is -0.139. The molecule has 0 aromatic heterocycles. The fourth-order valence-electron chi connectivity index (χ4n) is 1.98. The van der Waals surface area contributed by atoms with E-state index < -0.39 is 35.7 Å². The Kier molecular flexibility index (Phi) is 10.4. The van der Waals surface area contributed by atoms with Gasteiger partial charge in [0.1, 0.15) is 23.7 Å². The second-order valence-corrected chi connectivity index (χ2v) is 5.48. The molecule has 0 bridgehead atoms. The standard InChI is InChI=1S/2C9H10FNO2.H2O/c2*10-7-4-2-1-3-6(7)5-8(11)9(12)13;/h2*1-4,8H,5,11H2,(H,12,13);1H2/t2*8-;/m00./s1. The van der Waals surface area contributed by atoms with Crippen LogP contribution in [0.2, 0.25) is 0 Å². The average molecular weight is 384 g/mol. The fraction of sp³-hybridized carbons (Fsp3) is 0.222. The number of carboxylic acid groups (broad SMARTS) is 2. The Morgan fingerprint density at radius 1 is 0.778 bits per heavy atom. The van der Waals surface area contributed by atoms with Gasteiger partial charge in [0.2, 0.25) is 0 Å². The molecule has 27 heavy (non-hydrogen) atoms. The van der Waals surface area contributed by atoms with Crippen molar-refractivity contribution < 1.29 is 34.1 Å². The van der Waals surface area contributed by atoms with Crippen LogP contribution in [0.4, 0.5) is 8.78 Å². The average Bonchev–Trinajstić information content (AvgIpc) is 2.59. The summed E-state index contributed by atoms with van der Waals surface area (Å²) in [4.78, 5) is 20.7. The van der Waals surface area contributed by atoms with E-state index in [0.29, 0.717) is 11.1 Å². The van der Waals surface area contributed by atoms with Crippen LogP contribution in [0.15, 0.2) is 48.5 Å². The molecule has 0 radical (unpaired) electrons. The maximum atomic E-state index is 13.0.